The number of hydrogen-bond donors (Lipinski definition) is 2. The molecule has 2 aliphatic rings. The van der Waals surface area contributed by atoms with Crippen LogP contribution in [0.4, 0.5) is 5.69 Å². The first-order chi connectivity index (χ1) is 12.0. The second kappa shape index (κ2) is 8.19. The Balaban J connectivity index is 1.53. The summed E-state index contributed by atoms with van der Waals surface area (Å²) in [6.45, 7) is 4.79. The van der Waals surface area contributed by atoms with E-state index in [0.717, 1.165) is 18.8 Å². The van der Waals surface area contributed by atoms with Crippen molar-refractivity contribution in [2.45, 2.75) is 38.6 Å². The van der Waals surface area contributed by atoms with E-state index in [2.05, 4.69) is 17.6 Å². The Morgan fingerprint density at radius 3 is 3.00 bits per heavy atom. The molecule has 25 heavy (non-hydrogen) atoms. The minimum absolute atomic E-state index is 0.0237. The molecule has 3 unspecified atom stereocenters. The van der Waals surface area contributed by atoms with Crippen molar-refractivity contribution < 1.29 is 9.59 Å². The van der Waals surface area contributed by atoms with E-state index in [1.165, 1.54) is 12.8 Å². The molecule has 2 heterocycles. The maximum Gasteiger partial charge on any atom is 0.249 e. The highest BCUT2D eigenvalue weighted by Gasteiger charge is 2.34. The molecule has 0 bridgehead atoms. The SMILES string of the molecule is CC(CC(=O)NC1CCN(c2cccc(Cl)c2)C1=O)C1CCCNC1. The van der Waals surface area contributed by atoms with Gasteiger partial charge in [-0.1, -0.05) is 24.6 Å². The van der Waals surface area contributed by atoms with Gasteiger partial charge in [0.1, 0.15) is 6.04 Å². The summed E-state index contributed by atoms with van der Waals surface area (Å²) in [4.78, 5) is 26.7. The highest BCUT2D eigenvalue weighted by atomic mass is 35.5. The molecule has 2 N–H and O–H groups in total. The van der Waals surface area contributed by atoms with Crippen LogP contribution in [0.5, 0.6) is 0 Å². The molecule has 0 aliphatic carbocycles. The van der Waals surface area contributed by atoms with E-state index in [1.807, 2.05) is 12.1 Å². The number of benzene rings is 1. The maximum atomic E-state index is 12.6. The Bertz CT molecular complexity index is 631. The third-order valence-corrected chi connectivity index (χ3v) is 5.54. The standard InChI is InChI=1S/C19H26ClN3O2/c1-13(14-4-3-8-21-12-14)10-18(24)22-17-7-9-23(19(17)25)16-6-2-5-15(20)11-16/h2,5-6,11,13-14,17,21H,3-4,7-10,12H2,1H3,(H,22,24). The van der Waals surface area contributed by atoms with Crippen LogP contribution >= 0.6 is 11.6 Å². The zero-order valence-corrected chi connectivity index (χ0v) is 15.4. The second-order valence-corrected chi connectivity index (χ2v) is 7.60. The molecule has 1 aromatic rings. The molecule has 2 aliphatic heterocycles. The Morgan fingerprint density at radius 1 is 1.44 bits per heavy atom. The average Bonchev–Trinajstić information content (AvgIpc) is 2.96. The average molecular weight is 364 g/mol. The fourth-order valence-corrected chi connectivity index (χ4v) is 3.98. The van der Waals surface area contributed by atoms with Gasteiger partial charge in [-0.3, -0.25) is 9.59 Å². The van der Waals surface area contributed by atoms with Gasteiger partial charge in [0.25, 0.3) is 0 Å². The number of nitrogens with zero attached hydrogens (tertiary/aromatic N) is 1. The first-order valence-corrected chi connectivity index (χ1v) is 9.49. The van der Waals surface area contributed by atoms with Gasteiger partial charge in [-0.2, -0.15) is 0 Å². The summed E-state index contributed by atoms with van der Waals surface area (Å²) in [6, 6.07) is 6.83. The molecule has 3 atom stereocenters. The number of halogens is 1. The van der Waals surface area contributed by atoms with Gasteiger partial charge in [0.2, 0.25) is 11.8 Å². The van der Waals surface area contributed by atoms with Crippen molar-refractivity contribution >= 4 is 29.1 Å². The van der Waals surface area contributed by atoms with Crippen LogP contribution in [0.1, 0.15) is 32.6 Å². The number of carbonyl (C=O) groups excluding carboxylic acids is 2. The van der Waals surface area contributed by atoms with Crippen molar-refractivity contribution in [3.05, 3.63) is 29.3 Å². The van der Waals surface area contributed by atoms with Gasteiger partial charge in [0.05, 0.1) is 0 Å². The lowest BCUT2D eigenvalue weighted by Crippen LogP contribution is -2.43. The monoisotopic (exact) mass is 363 g/mol. The molecule has 2 fully saturated rings. The van der Waals surface area contributed by atoms with Crippen molar-refractivity contribution in [2.24, 2.45) is 11.8 Å². The van der Waals surface area contributed by atoms with E-state index in [0.29, 0.717) is 36.2 Å². The summed E-state index contributed by atoms with van der Waals surface area (Å²) >= 11 is 6.01. The van der Waals surface area contributed by atoms with Gasteiger partial charge in [-0.25, -0.2) is 0 Å². The van der Waals surface area contributed by atoms with Crippen LogP contribution in [-0.2, 0) is 9.59 Å². The van der Waals surface area contributed by atoms with Crippen LogP contribution in [0.15, 0.2) is 24.3 Å². The highest BCUT2D eigenvalue weighted by Crippen LogP contribution is 2.25. The fraction of sp³-hybridized carbons (Fsp3) is 0.579. The summed E-state index contributed by atoms with van der Waals surface area (Å²) in [6.07, 6.45) is 3.46. The van der Waals surface area contributed by atoms with E-state index >= 15 is 0 Å². The molecular weight excluding hydrogens is 338 g/mol. The van der Waals surface area contributed by atoms with E-state index in [4.69, 9.17) is 11.6 Å². The minimum atomic E-state index is -0.428. The zero-order valence-electron chi connectivity index (χ0n) is 14.6. The smallest absolute Gasteiger partial charge is 0.249 e. The number of nitrogens with one attached hydrogen (secondary N) is 2. The van der Waals surface area contributed by atoms with Crippen LogP contribution in [0.25, 0.3) is 0 Å². The quantitative estimate of drug-likeness (QED) is 0.845. The first-order valence-electron chi connectivity index (χ1n) is 9.11. The first kappa shape index (κ1) is 18.2. The summed E-state index contributed by atoms with van der Waals surface area (Å²) in [5.74, 6) is 0.794. The lowest BCUT2D eigenvalue weighted by Gasteiger charge is -2.28. The number of anilines is 1. The zero-order chi connectivity index (χ0) is 17.8. The third kappa shape index (κ3) is 4.53. The van der Waals surface area contributed by atoms with E-state index in [9.17, 15) is 9.59 Å². The largest absolute Gasteiger partial charge is 0.344 e. The fourth-order valence-electron chi connectivity index (χ4n) is 3.79. The van der Waals surface area contributed by atoms with Crippen LogP contribution in [0, 0.1) is 11.8 Å². The van der Waals surface area contributed by atoms with Crippen LogP contribution in [0.3, 0.4) is 0 Å². The maximum absolute atomic E-state index is 12.6. The van der Waals surface area contributed by atoms with Gasteiger partial charge < -0.3 is 15.5 Å². The van der Waals surface area contributed by atoms with Crippen molar-refractivity contribution in [3.63, 3.8) is 0 Å². The topological polar surface area (TPSA) is 61.4 Å². The van der Waals surface area contributed by atoms with E-state index < -0.39 is 6.04 Å². The van der Waals surface area contributed by atoms with Crippen LogP contribution < -0.4 is 15.5 Å². The molecule has 5 nitrogen and oxygen atoms in total. The molecule has 1 aromatic carbocycles. The predicted molar refractivity (Wildman–Crippen MR) is 99.7 cm³/mol. The Hall–Kier alpha value is -1.59. The van der Waals surface area contributed by atoms with Gasteiger partial charge in [-0.15, -0.1) is 0 Å². The number of hydrogen-bond acceptors (Lipinski definition) is 3. The van der Waals surface area contributed by atoms with Gasteiger partial charge in [0.15, 0.2) is 0 Å². The van der Waals surface area contributed by atoms with Gasteiger partial charge in [0, 0.05) is 23.7 Å². The van der Waals surface area contributed by atoms with E-state index in [-0.39, 0.29) is 11.8 Å². The number of rotatable bonds is 5. The molecule has 0 radical (unpaired) electrons. The number of amides is 2. The molecule has 0 spiro atoms. The van der Waals surface area contributed by atoms with Crippen LogP contribution in [0.2, 0.25) is 5.02 Å². The van der Waals surface area contributed by atoms with Crippen molar-refractivity contribution in [2.75, 3.05) is 24.5 Å². The minimum Gasteiger partial charge on any atom is -0.344 e. The molecule has 2 amide bonds. The van der Waals surface area contributed by atoms with Crippen molar-refractivity contribution in [1.82, 2.24) is 10.6 Å². The summed E-state index contributed by atoms with van der Waals surface area (Å²) < 4.78 is 0. The summed E-state index contributed by atoms with van der Waals surface area (Å²) in [7, 11) is 0. The number of carbonyl (C=O) groups is 2. The Kier molecular flexibility index (Phi) is 5.97. The van der Waals surface area contributed by atoms with Gasteiger partial charge in [-0.05, 0) is 62.4 Å². The third-order valence-electron chi connectivity index (χ3n) is 5.31. The highest BCUT2D eigenvalue weighted by molar-refractivity contribution is 6.31. The second-order valence-electron chi connectivity index (χ2n) is 7.17. The lowest BCUT2D eigenvalue weighted by molar-refractivity contribution is -0.127. The molecule has 136 valence electrons. The molecular formula is C19H26ClN3O2. The Labute approximate surface area is 154 Å². The van der Waals surface area contributed by atoms with E-state index in [1.54, 1.807) is 17.0 Å². The molecule has 3 rings (SSSR count). The Morgan fingerprint density at radius 2 is 2.28 bits per heavy atom. The van der Waals surface area contributed by atoms with Gasteiger partial charge >= 0.3 is 0 Å². The van der Waals surface area contributed by atoms with Crippen molar-refractivity contribution in [3.8, 4) is 0 Å². The normalized spacial score (nSPS) is 25.0. The number of piperidine rings is 1. The van der Waals surface area contributed by atoms with Crippen molar-refractivity contribution in [1.29, 1.82) is 0 Å². The van der Waals surface area contributed by atoms with Crippen LogP contribution in [-0.4, -0.2) is 37.5 Å². The lowest BCUT2D eigenvalue weighted by atomic mass is 9.85. The summed E-state index contributed by atoms with van der Waals surface area (Å²) in [5, 5.41) is 6.93. The molecule has 2 saturated heterocycles. The molecule has 0 saturated carbocycles. The summed E-state index contributed by atoms with van der Waals surface area (Å²) in [5.41, 5.74) is 0.788. The molecule has 0 aromatic heterocycles. The molecule has 6 heteroatoms. The predicted octanol–water partition coefficient (Wildman–Crippen LogP) is 2.59.